The lowest BCUT2D eigenvalue weighted by Crippen LogP contribution is -2.24. The molecule has 1 aromatic rings. The van der Waals surface area contributed by atoms with Gasteiger partial charge in [0.25, 0.3) is 0 Å². The molecular weight excluding hydrogens is 238 g/mol. The molecule has 19 heavy (non-hydrogen) atoms. The van der Waals surface area contributed by atoms with Crippen LogP contribution < -0.4 is 10.1 Å². The topological polar surface area (TPSA) is 37.4 Å². The number of nitrogens with one attached hydrogen (secondary N) is 1. The minimum absolute atomic E-state index is 0.818. The average Bonchev–Trinajstić information content (AvgIpc) is 2.91. The van der Waals surface area contributed by atoms with Gasteiger partial charge >= 0.3 is 0 Å². The van der Waals surface area contributed by atoms with Crippen molar-refractivity contribution in [2.24, 2.45) is 0 Å². The molecule has 2 heterocycles. The summed E-state index contributed by atoms with van der Waals surface area (Å²) in [7, 11) is 1.70. The van der Waals surface area contributed by atoms with Crippen LogP contribution in [0.25, 0.3) is 0 Å². The Morgan fingerprint density at radius 1 is 1.32 bits per heavy atom. The summed E-state index contributed by atoms with van der Waals surface area (Å²) in [6.07, 6.45) is 3.96. The van der Waals surface area contributed by atoms with Gasteiger partial charge < -0.3 is 15.0 Å². The highest BCUT2D eigenvalue weighted by Crippen LogP contribution is 2.13. The van der Waals surface area contributed by atoms with Crippen LogP contribution in [0.4, 0.5) is 0 Å². The number of ether oxygens (including phenoxy) is 1. The zero-order chi connectivity index (χ0) is 13.5. The van der Waals surface area contributed by atoms with Crippen LogP contribution in [-0.2, 0) is 6.54 Å². The summed E-state index contributed by atoms with van der Waals surface area (Å²) in [5.74, 6) is 0.890. The van der Waals surface area contributed by atoms with Crippen LogP contribution in [0.15, 0.2) is 12.1 Å². The highest BCUT2D eigenvalue weighted by molar-refractivity contribution is 5.26. The van der Waals surface area contributed by atoms with E-state index in [4.69, 9.17) is 4.74 Å². The molecule has 0 unspecified atom stereocenters. The zero-order valence-corrected chi connectivity index (χ0v) is 12.1. The van der Waals surface area contributed by atoms with E-state index in [-0.39, 0.29) is 0 Å². The lowest BCUT2D eigenvalue weighted by atomic mass is 10.3. The van der Waals surface area contributed by atoms with E-state index in [9.17, 15) is 0 Å². The van der Waals surface area contributed by atoms with Gasteiger partial charge in [-0.15, -0.1) is 0 Å². The van der Waals surface area contributed by atoms with Crippen molar-refractivity contribution in [2.75, 3.05) is 33.3 Å². The number of aromatic nitrogens is 1. The van der Waals surface area contributed by atoms with Crippen LogP contribution >= 0.6 is 0 Å². The van der Waals surface area contributed by atoms with Crippen molar-refractivity contribution in [2.45, 2.75) is 32.7 Å². The Morgan fingerprint density at radius 3 is 2.84 bits per heavy atom. The maximum absolute atomic E-state index is 5.26. The van der Waals surface area contributed by atoms with Crippen LogP contribution in [0.5, 0.6) is 5.75 Å². The minimum Gasteiger partial charge on any atom is -0.497 e. The third-order valence-electron chi connectivity index (χ3n) is 3.55. The molecule has 1 fully saturated rings. The van der Waals surface area contributed by atoms with Crippen molar-refractivity contribution < 1.29 is 4.74 Å². The molecule has 0 amide bonds. The molecule has 2 rings (SSSR count). The van der Waals surface area contributed by atoms with Crippen molar-refractivity contribution in [3.63, 3.8) is 0 Å². The maximum atomic E-state index is 5.26. The molecule has 0 saturated carbocycles. The van der Waals surface area contributed by atoms with Crippen molar-refractivity contribution in [1.29, 1.82) is 0 Å². The fourth-order valence-electron chi connectivity index (χ4n) is 2.56. The Hall–Kier alpha value is -1.13. The quantitative estimate of drug-likeness (QED) is 0.763. The minimum atomic E-state index is 0.818. The molecule has 1 aromatic heterocycles. The average molecular weight is 263 g/mol. The predicted molar refractivity (Wildman–Crippen MR) is 77.5 cm³/mol. The van der Waals surface area contributed by atoms with E-state index >= 15 is 0 Å². The smallest absolute Gasteiger partial charge is 0.122 e. The first-order valence-electron chi connectivity index (χ1n) is 7.22. The Bertz CT molecular complexity index is 389. The lowest BCUT2D eigenvalue weighted by Gasteiger charge is -2.14. The van der Waals surface area contributed by atoms with Crippen molar-refractivity contribution in [1.82, 2.24) is 15.2 Å². The highest BCUT2D eigenvalue weighted by atomic mass is 16.5. The molecular formula is C15H25N3O. The van der Waals surface area contributed by atoms with E-state index in [0.717, 1.165) is 30.2 Å². The Morgan fingerprint density at radius 2 is 2.11 bits per heavy atom. The fourth-order valence-corrected chi connectivity index (χ4v) is 2.56. The van der Waals surface area contributed by atoms with E-state index in [1.165, 1.54) is 38.9 Å². The monoisotopic (exact) mass is 263 g/mol. The van der Waals surface area contributed by atoms with Gasteiger partial charge in [-0.05, 0) is 52.4 Å². The van der Waals surface area contributed by atoms with Crippen LogP contribution in [0.3, 0.4) is 0 Å². The number of likely N-dealkylation sites (tertiary alicyclic amines) is 1. The summed E-state index contributed by atoms with van der Waals surface area (Å²) >= 11 is 0. The number of nitrogens with zero attached hydrogens (tertiary/aromatic N) is 2. The molecule has 1 aliphatic heterocycles. The highest BCUT2D eigenvalue weighted by Gasteiger charge is 2.09. The first-order valence-corrected chi connectivity index (χ1v) is 7.22. The van der Waals surface area contributed by atoms with Gasteiger partial charge in [0.2, 0.25) is 0 Å². The van der Waals surface area contributed by atoms with Gasteiger partial charge in [0.1, 0.15) is 5.75 Å². The van der Waals surface area contributed by atoms with E-state index in [1.807, 2.05) is 19.1 Å². The lowest BCUT2D eigenvalue weighted by molar-refractivity contribution is 0.331. The molecule has 0 spiro atoms. The third kappa shape index (κ3) is 4.80. The second kappa shape index (κ2) is 7.46. The molecule has 1 aliphatic rings. The maximum Gasteiger partial charge on any atom is 0.122 e. The summed E-state index contributed by atoms with van der Waals surface area (Å²) in [5.41, 5.74) is 2.06. The second-order valence-corrected chi connectivity index (χ2v) is 5.22. The number of hydrogen-bond donors (Lipinski definition) is 1. The predicted octanol–water partition coefficient (Wildman–Crippen LogP) is 1.97. The zero-order valence-electron chi connectivity index (χ0n) is 12.1. The van der Waals surface area contributed by atoms with Gasteiger partial charge in [-0.2, -0.15) is 0 Å². The fraction of sp³-hybridized carbons (Fsp3) is 0.667. The Labute approximate surface area is 116 Å². The standard InChI is InChI=1S/C15H25N3O/c1-13-10-15(19-2)11-14(17-13)12-16-6-5-9-18-7-3-4-8-18/h10-11,16H,3-9,12H2,1-2H3. The summed E-state index contributed by atoms with van der Waals surface area (Å²) in [4.78, 5) is 7.06. The third-order valence-corrected chi connectivity index (χ3v) is 3.55. The van der Waals surface area contributed by atoms with E-state index in [2.05, 4.69) is 15.2 Å². The van der Waals surface area contributed by atoms with Gasteiger partial charge in [-0.25, -0.2) is 0 Å². The number of aryl methyl sites for hydroxylation is 1. The molecule has 4 nitrogen and oxygen atoms in total. The van der Waals surface area contributed by atoms with E-state index < -0.39 is 0 Å². The van der Waals surface area contributed by atoms with Crippen LogP contribution in [0.2, 0.25) is 0 Å². The van der Waals surface area contributed by atoms with Gasteiger partial charge in [0, 0.05) is 24.4 Å². The first kappa shape index (κ1) is 14.3. The summed E-state index contributed by atoms with van der Waals surface area (Å²) in [5, 5.41) is 3.46. The van der Waals surface area contributed by atoms with Gasteiger partial charge in [0.05, 0.1) is 12.8 Å². The van der Waals surface area contributed by atoms with Crippen molar-refractivity contribution >= 4 is 0 Å². The molecule has 0 aromatic carbocycles. The van der Waals surface area contributed by atoms with Crippen molar-refractivity contribution in [3.05, 3.63) is 23.5 Å². The Kier molecular flexibility index (Phi) is 5.61. The Balaban J connectivity index is 1.66. The molecule has 0 aliphatic carbocycles. The number of pyridine rings is 1. The summed E-state index contributed by atoms with van der Waals surface area (Å²) in [6, 6.07) is 3.96. The van der Waals surface area contributed by atoms with Crippen LogP contribution in [0, 0.1) is 6.92 Å². The van der Waals surface area contributed by atoms with Crippen LogP contribution in [-0.4, -0.2) is 43.2 Å². The second-order valence-electron chi connectivity index (χ2n) is 5.22. The normalized spacial score (nSPS) is 15.9. The molecule has 0 radical (unpaired) electrons. The van der Waals surface area contributed by atoms with Gasteiger partial charge in [-0.1, -0.05) is 0 Å². The van der Waals surface area contributed by atoms with Crippen molar-refractivity contribution in [3.8, 4) is 5.75 Å². The summed E-state index contributed by atoms with van der Waals surface area (Å²) in [6.45, 7) is 7.66. The van der Waals surface area contributed by atoms with Gasteiger partial charge in [-0.3, -0.25) is 4.98 Å². The first-order chi connectivity index (χ1) is 9.28. The summed E-state index contributed by atoms with van der Waals surface area (Å²) < 4.78 is 5.26. The molecule has 1 N–H and O–H groups in total. The molecule has 1 saturated heterocycles. The van der Waals surface area contributed by atoms with E-state index in [0.29, 0.717) is 0 Å². The van der Waals surface area contributed by atoms with E-state index in [1.54, 1.807) is 7.11 Å². The SMILES string of the molecule is COc1cc(C)nc(CNCCCN2CCCC2)c1. The molecule has 106 valence electrons. The van der Waals surface area contributed by atoms with Gasteiger partial charge in [0.15, 0.2) is 0 Å². The molecule has 4 heteroatoms. The molecule has 0 atom stereocenters. The number of rotatable bonds is 7. The largest absolute Gasteiger partial charge is 0.497 e. The van der Waals surface area contributed by atoms with Crippen LogP contribution in [0.1, 0.15) is 30.7 Å². The number of hydrogen-bond acceptors (Lipinski definition) is 4. The number of methoxy groups -OCH3 is 1. The molecule has 0 bridgehead atoms.